The fourth-order valence-corrected chi connectivity index (χ4v) is 2.96. The molecule has 0 radical (unpaired) electrons. The highest BCUT2D eigenvalue weighted by Crippen LogP contribution is 2.39. The van der Waals surface area contributed by atoms with Gasteiger partial charge in [-0.15, -0.1) is 0 Å². The third-order valence-electron chi connectivity index (χ3n) is 3.84. The number of rotatable bonds is 6. The summed E-state index contributed by atoms with van der Waals surface area (Å²) in [4.78, 5) is 23.7. The van der Waals surface area contributed by atoms with Gasteiger partial charge in [0.1, 0.15) is 6.61 Å². The van der Waals surface area contributed by atoms with Gasteiger partial charge in [-0.1, -0.05) is 41.9 Å². The molecule has 2 aromatic rings. The molecule has 3 rings (SSSR count). The molecule has 0 saturated heterocycles. The van der Waals surface area contributed by atoms with Gasteiger partial charge in [-0.05, 0) is 23.3 Å². The van der Waals surface area contributed by atoms with Crippen LogP contribution in [0, 0.1) is 0 Å². The predicted molar refractivity (Wildman–Crippen MR) is 95.0 cm³/mol. The Labute approximate surface area is 156 Å². The Morgan fingerprint density at radius 2 is 2.00 bits per heavy atom. The van der Waals surface area contributed by atoms with Crippen LogP contribution in [0.25, 0.3) is 0 Å². The summed E-state index contributed by atoms with van der Waals surface area (Å²) in [6.45, 7) is 1.58. The maximum absolute atomic E-state index is 12.2. The molecule has 1 aliphatic rings. The monoisotopic (exact) mass is 375 g/mol. The summed E-state index contributed by atoms with van der Waals surface area (Å²) >= 11 is 6.12. The molecule has 136 valence electrons. The van der Waals surface area contributed by atoms with E-state index in [0.717, 1.165) is 5.56 Å². The van der Waals surface area contributed by atoms with Crippen molar-refractivity contribution in [3.63, 3.8) is 0 Å². The van der Waals surface area contributed by atoms with Crippen molar-refractivity contribution < 1.29 is 23.8 Å². The van der Waals surface area contributed by atoms with E-state index < -0.39 is 12.0 Å². The van der Waals surface area contributed by atoms with E-state index in [0.29, 0.717) is 22.1 Å². The minimum absolute atomic E-state index is 0.0296. The first-order valence-electron chi connectivity index (χ1n) is 8.08. The average molecular weight is 376 g/mol. The lowest BCUT2D eigenvalue weighted by atomic mass is 10.0. The van der Waals surface area contributed by atoms with Gasteiger partial charge in [-0.25, -0.2) is 0 Å². The standard InChI is InChI=1S/C19H18ClNO5/c1-12(22)21-16(14-5-3-2-4-6-14)9-18(23)24-10-13-7-15(20)19-17(8-13)25-11-26-19/h2-8,16H,9-11H2,1H3,(H,21,22)/t16-/m1/s1. The van der Waals surface area contributed by atoms with E-state index in [9.17, 15) is 9.59 Å². The van der Waals surface area contributed by atoms with E-state index >= 15 is 0 Å². The van der Waals surface area contributed by atoms with Crippen LogP contribution in [0.1, 0.15) is 30.5 Å². The molecule has 0 aliphatic carbocycles. The molecule has 1 N–H and O–H groups in total. The van der Waals surface area contributed by atoms with Crippen molar-refractivity contribution in [2.75, 3.05) is 6.79 Å². The number of ether oxygens (including phenoxy) is 3. The number of carbonyl (C=O) groups excluding carboxylic acids is 2. The Bertz CT molecular complexity index is 809. The summed E-state index contributed by atoms with van der Waals surface area (Å²) in [6.07, 6.45) is 0.0296. The van der Waals surface area contributed by atoms with E-state index in [1.165, 1.54) is 6.92 Å². The van der Waals surface area contributed by atoms with Crippen LogP contribution in [0.15, 0.2) is 42.5 Å². The van der Waals surface area contributed by atoms with Crippen LogP contribution in [-0.4, -0.2) is 18.7 Å². The number of amides is 1. The number of halogens is 1. The first-order chi connectivity index (χ1) is 12.5. The molecule has 7 heteroatoms. The predicted octanol–water partition coefficient (Wildman–Crippen LogP) is 3.38. The smallest absolute Gasteiger partial charge is 0.308 e. The maximum Gasteiger partial charge on any atom is 0.308 e. The molecular weight excluding hydrogens is 358 g/mol. The molecule has 0 fully saturated rings. The Hall–Kier alpha value is -2.73. The quantitative estimate of drug-likeness (QED) is 0.783. The van der Waals surface area contributed by atoms with Crippen LogP contribution >= 0.6 is 11.6 Å². The van der Waals surface area contributed by atoms with Crippen LogP contribution in [-0.2, 0) is 20.9 Å². The van der Waals surface area contributed by atoms with Crippen molar-refractivity contribution in [3.8, 4) is 11.5 Å². The van der Waals surface area contributed by atoms with Crippen molar-refractivity contribution in [2.24, 2.45) is 0 Å². The third kappa shape index (κ3) is 4.46. The first kappa shape index (κ1) is 18.1. The highest BCUT2D eigenvalue weighted by Gasteiger charge is 2.20. The van der Waals surface area contributed by atoms with Crippen LogP contribution in [0.2, 0.25) is 5.02 Å². The summed E-state index contributed by atoms with van der Waals surface area (Å²) in [7, 11) is 0. The van der Waals surface area contributed by atoms with E-state index in [4.69, 9.17) is 25.8 Å². The van der Waals surface area contributed by atoms with Gasteiger partial charge in [-0.3, -0.25) is 9.59 Å². The number of hydrogen-bond acceptors (Lipinski definition) is 5. The number of esters is 1. The second-order valence-corrected chi connectivity index (χ2v) is 6.25. The Kier molecular flexibility index (Phi) is 5.63. The summed E-state index contributed by atoms with van der Waals surface area (Å²) in [5.74, 6) is 0.385. The zero-order valence-electron chi connectivity index (χ0n) is 14.2. The lowest BCUT2D eigenvalue weighted by molar-refractivity contribution is -0.145. The maximum atomic E-state index is 12.2. The van der Waals surface area contributed by atoms with Gasteiger partial charge in [0.15, 0.2) is 11.5 Å². The zero-order valence-corrected chi connectivity index (χ0v) is 14.9. The second-order valence-electron chi connectivity index (χ2n) is 5.84. The van der Waals surface area contributed by atoms with Crippen LogP contribution in [0.3, 0.4) is 0 Å². The van der Waals surface area contributed by atoms with Crippen molar-refractivity contribution in [1.82, 2.24) is 5.32 Å². The molecule has 0 unspecified atom stereocenters. The molecule has 0 spiro atoms. The largest absolute Gasteiger partial charge is 0.461 e. The average Bonchev–Trinajstić information content (AvgIpc) is 3.09. The summed E-state index contributed by atoms with van der Waals surface area (Å²) in [5.41, 5.74) is 1.54. The van der Waals surface area contributed by atoms with Gasteiger partial charge in [-0.2, -0.15) is 0 Å². The number of benzene rings is 2. The van der Waals surface area contributed by atoms with Gasteiger partial charge in [0.25, 0.3) is 0 Å². The third-order valence-corrected chi connectivity index (χ3v) is 4.12. The molecule has 0 saturated carbocycles. The molecule has 26 heavy (non-hydrogen) atoms. The number of hydrogen-bond donors (Lipinski definition) is 1. The molecule has 1 amide bonds. The molecule has 1 aliphatic heterocycles. The second kappa shape index (κ2) is 8.10. The van der Waals surface area contributed by atoms with E-state index in [1.54, 1.807) is 12.1 Å². The minimum atomic E-state index is -0.443. The van der Waals surface area contributed by atoms with Crippen molar-refractivity contribution in [3.05, 3.63) is 58.6 Å². The van der Waals surface area contributed by atoms with Gasteiger partial charge < -0.3 is 19.5 Å². The summed E-state index contributed by atoms with van der Waals surface area (Å²) in [5, 5.41) is 3.18. The lowest BCUT2D eigenvalue weighted by Gasteiger charge is -2.17. The highest BCUT2D eigenvalue weighted by atomic mass is 35.5. The van der Waals surface area contributed by atoms with E-state index in [2.05, 4.69) is 5.32 Å². The number of nitrogens with one attached hydrogen (secondary N) is 1. The molecule has 0 aromatic heterocycles. The molecule has 6 nitrogen and oxygen atoms in total. The molecule has 2 aromatic carbocycles. The Morgan fingerprint density at radius 3 is 2.73 bits per heavy atom. The van der Waals surface area contributed by atoms with Crippen LogP contribution in [0.4, 0.5) is 0 Å². The van der Waals surface area contributed by atoms with Gasteiger partial charge in [0, 0.05) is 6.92 Å². The normalized spacial score (nSPS) is 13.2. The lowest BCUT2D eigenvalue weighted by Crippen LogP contribution is -2.28. The Morgan fingerprint density at radius 1 is 1.23 bits per heavy atom. The fourth-order valence-electron chi connectivity index (χ4n) is 2.68. The van der Waals surface area contributed by atoms with Gasteiger partial charge in [0.05, 0.1) is 17.5 Å². The summed E-state index contributed by atoms with van der Waals surface area (Å²) < 4.78 is 15.9. The van der Waals surface area contributed by atoms with Crippen molar-refractivity contribution >= 4 is 23.5 Å². The topological polar surface area (TPSA) is 73.9 Å². The van der Waals surface area contributed by atoms with Crippen molar-refractivity contribution in [2.45, 2.75) is 26.0 Å². The zero-order chi connectivity index (χ0) is 18.5. The fraction of sp³-hybridized carbons (Fsp3) is 0.263. The molecule has 1 atom stereocenters. The van der Waals surface area contributed by atoms with Gasteiger partial charge >= 0.3 is 5.97 Å². The first-order valence-corrected chi connectivity index (χ1v) is 8.46. The van der Waals surface area contributed by atoms with Gasteiger partial charge in [0.2, 0.25) is 12.7 Å². The highest BCUT2D eigenvalue weighted by molar-refractivity contribution is 6.32. The Balaban J connectivity index is 1.62. The number of carbonyl (C=O) groups is 2. The number of fused-ring (bicyclic) bond motifs is 1. The van der Waals surface area contributed by atoms with E-state index in [1.807, 2.05) is 30.3 Å². The van der Waals surface area contributed by atoms with E-state index in [-0.39, 0.29) is 25.7 Å². The summed E-state index contributed by atoms with van der Waals surface area (Å²) in [6, 6.07) is 12.2. The molecular formula is C19H18ClNO5. The molecule has 1 heterocycles. The van der Waals surface area contributed by atoms with Crippen LogP contribution in [0.5, 0.6) is 11.5 Å². The van der Waals surface area contributed by atoms with Crippen molar-refractivity contribution in [1.29, 1.82) is 0 Å². The SMILES string of the molecule is CC(=O)N[C@H](CC(=O)OCc1cc(Cl)c2c(c1)OCO2)c1ccccc1. The molecule has 0 bridgehead atoms. The minimum Gasteiger partial charge on any atom is -0.461 e. The van der Waals surface area contributed by atoms with Crippen LogP contribution < -0.4 is 14.8 Å².